The standard InChI is InChI=1S/C12H11ClFNS/c13-12-8(3-1-4-9(12)14)7-10(15)11-5-2-6-16-11/h1-6,10H,7,15H2. The molecule has 0 radical (unpaired) electrons. The van der Waals surface area contributed by atoms with Gasteiger partial charge in [-0.1, -0.05) is 29.8 Å². The van der Waals surface area contributed by atoms with E-state index < -0.39 is 5.82 Å². The van der Waals surface area contributed by atoms with Gasteiger partial charge in [0, 0.05) is 10.9 Å². The Kier molecular flexibility index (Phi) is 3.59. The van der Waals surface area contributed by atoms with Crippen LogP contribution in [0.15, 0.2) is 35.7 Å². The fraction of sp³-hybridized carbons (Fsp3) is 0.167. The van der Waals surface area contributed by atoms with Gasteiger partial charge in [-0.3, -0.25) is 0 Å². The van der Waals surface area contributed by atoms with E-state index in [0.717, 1.165) is 10.4 Å². The zero-order valence-electron chi connectivity index (χ0n) is 8.49. The van der Waals surface area contributed by atoms with E-state index in [9.17, 15) is 4.39 Å². The van der Waals surface area contributed by atoms with Gasteiger partial charge in [0.2, 0.25) is 0 Å². The third kappa shape index (κ3) is 2.43. The third-order valence-corrected chi connectivity index (χ3v) is 3.81. The van der Waals surface area contributed by atoms with Gasteiger partial charge >= 0.3 is 0 Å². The maximum Gasteiger partial charge on any atom is 0.142 e. The molecule has 1 unspecified atom stereocenters. The maximum atomic E-state index is 13.2. The average molecular weight is 256 g/mol. The van der Waals surface area contributed by atoms with Crippen LogP contribution in [0.5, 0.6) is 0 Å². The first-order chi connectivity index (χ1) is 7.68. The predicted molar refractivity (Wildman–Crippen MR) is 66.4 cm³/mol. The highest BCUT2D eigenvalue weighted by Crippen LogP contribution is 2.26. The Balaban J connectivity index is 2.18. The summed E-state index contributed by atoms with van der Waals surface area (Å²) in [6, 6.07) is 8.61. The Labute approximate surface area is 103 Å². The first kappa shape index (κ1) is 11.6. The summed E-state index contributed by atoms with van der Waals surface area (Å²) in [6.07, 6.45) is 0.553. The molecule has 1 heterocycles. The van der Waals surface area contributed by atoms with Crippen LogP contribution in [0.4, 0.5) is 4.39 Å². The number of benzene rings is 1. The topological polar surface area (TPSA) is 26.0 Å². The lowest BCUT2D eigenvalue weighted by molar-refractivity contribution is 0.623. The number of hydrogen-bond acceptors (Lipinski definition) is 2. The smallest absolute Gasteiger partial charge is 0.142 e. The number of hydrogen-bond donors (Lipinski definition) is 1. The molecule has 0 aliphatic heterocycles. The van der Waals surface area contributed by atoms with Crippen LogP contribution in [-0.2, 0) is 6.42 Å². The van der Waals surface area contributed by atoms with Crippen molar-refractivity contribution in [3.05, 3.63) is 57.0 Å². The van der Waals surface area contributed by atoms with Crippen LogP contribution in [0.2, 0.25) is 5.02 Å². The normalized spacial score (nSPS) is 12.7. The van der Waals surface area contributed by atoms with Crippen molar-refractivity contribution >= 4 is 22.9 Å². The first-order valence-corrected chi connectivity index (χ1v) is 6.16. The molecule has 0 saturated heterocycles. The summed E-state index contributed by atoms with van der Waals surface area (Å²) in [5, 5.41) is 2.15. The minimum absolute atomic E-state index is 0.126. The lowest BCUT2D eigenvalue weighted by Gasteiger charge is -2.11. The molecule has 1 nitrogen and oxygen atoms in total. The molecule has 0 fully saturated rings. The minimum Gasteiger partial charge on any atom is -0.323 e. The number of rotatable bonds is 3. The Morgan fingerprint density at radius 3 is 2.81 bits per heavy atom. The molecule has 0 bridgehead atoms. The number of halogens is 2. The molecule has 2 aromatic rings. The van der Waals surface area contributed by atoms with Gasteiger partial charge in [0.1, 0.15) is 5.82 Å². The zero-order chi connectivity index (χ0) is 11.5. The van der Waals surface area contributed by atoms with Crippen LogP contribution in [0.1, 0.15) is 16.5 Å². The van der Waals surface area contributed by atoms with Gasteiger partial charge in [0.25, 0.3) is 0 Å². The van der Waals surface area contributed by atoms with Crippen molar-refractivity contribution in [2.75, 3.05) is 0 Å². The largest absolute Gasteiger partial charge is 0.323 e. The van der Waals surface area contributed by atoms with Crippen LogP contribution in [0.3, 0.4) is 0 Å². The Morgan fingerprint density at radius 1 is 1.31 bits per heavy atom. The summed E-state index contributed by atoms with van der Waals surface area (Å²) in [4.78, 5) is 1.08. The van der Waals surface area contributed by atoms with Gasteiger partial charge in [-0.15, -0.1) is 11.3 Å². The van der Waals surface area contributed by atoms with Crippen molar-refractivity contribution in [2.24, 2.45) is 5.73 Å². The molecule has 0 spiro atoms. The zero-order valence-corrected chi connectivity index (χ0v) is 10.1. The molecular weight excluding hydrogens is 245 g/mol. The number of thiophene rings is 1. The summed E-state index contributed by atoms with van der Waals surface area (Å²) >= 11 is 7.47. The van der Waals surface area contributed by atoms with E-state index in [1.807, 2.05) is 17.5 Å². The molecule has 0 aliphatic rings. The van der Waals surface area contributed by atoms with Crippen molar-refractivity contribution < 1.29 is 4.39 Å². The molecule has 16 heavy (non-hydrogen) atoms. The van der Waals surface area contributed by atoms with Gasteiger partial charge in [-0.2, -0.15) is 0 Å². The summed E-state index contributed by atoms with van der Waals surface area (Å²) in [7, 11) is 0. The molecule has 2 N–H and O–H groups in total. The summed E-state index contributed by atoms with van der Waals surface area (Å²) in [5.41, 5.74) is 6.77. The third-order valence-electron chi connectivity index (χ3n) is 2.38. The lowest BCUT2D eigenvalue weighted by atomic mass is 10.1. The average Bonchev–Trinajstić information content (AvgIpc) is 2.78. The molecule has 0 amide bonds. The van der Waals surface area contributed by atoms with Crippen LogP contribution < -0.4 is 5.73 Å². The fourth-order valence-electron chi connectivity index (χ4n) is 1.55. The molecule has 84 valence electrons. The Morgan fingerprint density at radius 2 is 2.12 bits per heavy atom. The van der Waals surface area contributed by atoms with Crippen molar-refractivity contribution in [2.45, 2.75) is 12.5 Å². The van der Waals surface area contributed by atoms with E-state index in [-0.39, 0.29) is 11.1 Å². The molecule has 4 heteroatoms. The molecular formula is C12H11ClFNS. The highest BCUT2D eigenvalue weighted by Gasteiger charge is 2.12. The SMILES string of the molecule is NC(Cc1cccc(F)c1Cl)c1cccs1. The van der Waals surface area contributed by atoms with E-state index >= 15 is 0 Å². The number of nitrogens with two attached hydrogens (primary N) is 1. The van der Waals surface area contributed by atoms with E-state index in [1.54, 1.807) is 23.5 Å². The monoisotopic (exact) mass is 255 g/mol. The second kappa shape index (κ2) is 4.95. The van der Waals surface area contributed by atoms with Crippen LogP contribution in [-0.4, -0.2) is 0 Å². The minimum atomic E-state index is -0.391. The maximum absolute atomic E-state index is 13.2. The fourth-order valence-corrected chi connectivity index (χ4v) is 2.48. The molecule has 1 atom stereocenters. The van der Waals surface area contributed by atoms with Crippen molar-refractivity contribution in [1.29, 1.82) is 0 Å². The van der Waals surface area contributed by atoms with Crippen LogP contribution in [0.25, 0.3) is 0 Å². The second-order valence-electron chi connectivity index (χ2n) is 3.54. The Hall–Kier alpha value is -0.900. The summed E-state index contributed by atoms with van der Waals surface area (Å²) in [6.45, 7) is 0. The van der Waals surface area contributed by atoms with E-state index in [2.05, 4.69) is 0 Å². The molecule has 2 rings (SSSR count). The molecule has 1 aromatic carbocycles. The van der Waals surface area contributed by atoms with Crippen molar-refractivity contribution in [1.82, 2.24) is 0 Å². The van der Waals surface area contributed by atoms with E-state index in [1.165, 1.54) is 6.07 Å². The van der Waals surface area contributed by atoms with E-state index in [4.69, 9.17) is 17.3 Å². The lowest BCUT2D eigenvalue weighted by Crippen LogP contribution is -2.12. The highest BCUT2D eigenvalue weighted by atomic mass is 35.5. The van der Waals surface area contributed by atoms with Gasteiger partial charge in [-0.25, -0.2) is 4.39 Å². The van der Waals surface area contributed by atoms with Crippen molar-refractivity contribution in [3.63, 3.8) is 0 Å². The van der Waals surface area contributed by atoms with Crippen LogP contribution in [0, 0.1) is 5.82 Å². The summed E-state index contributed by atoms with van der Waals surface area (Å²) < 4.78 is 13.2. The molecule has 0 aliphatic carbocycles. The highest BCUT2D eigenvalue weighted by molar-refractivity contribution is 7.10. The first-order valence-electron chi connectivity index (χ1n) is 4.90. The van der Waals surface area contributed by atoms with Gasteiger partial charge in [0.15, 0.2) is 0 Å². The van der Waals surface area contributed by atoms with Gasteiger partial charge in [-0.05, 0) is 29.5 Å². The van der Waals surface area contributed by atoms with Crippen molar-refractivity contribution in [3.8, 4) is 0 Å². The van der Waals surface area contributed by atoms with Gasteiger partial charge in [0.05, 0.1) is 5.02 Å². The van der Waals surface area contributed by atoms with E-state index in [0.29, 0.717) is 6.42 Å². The van der Waals surface area contributed by atoms with Crippen LogP contribution >= 0.6 is 22.9 Å². The predicted octanol–water partition coefficient (Wildman–Crippen LogP) is 3.78. The Bertz CT molecular complexity index is 470. The summed E-state index contributed by atoms with van der Waals surface area (Å²) in [5.74, 6) is -0.391. The molecule has 1 aromatic heterocycles. The second-order valence-corrected chi connectivity index (χ2v) is 4.90. The van der Waals surface area contributed by atoms with Gasteiger partial charge < -0.3 is 5.73 Å². The quantitative estimate of drug-likeness (QED) is 0.887. The molecule has 0 saturated carbocycles.